The third-order valence-electron chi connectivity index (χ3n) is 3.10. The van der Waals surface area contributed by atoms with E-state index in [9.17, 15) is 0 Å². The van der Waals surface area contributed by atoms with E-state index in [0.29, 0.717) is 35.5 Å². The van der Waals surface area contributed by atoms with Crippen molar-refractivity contribution in [2.75, 3.05) is 13.2 Å². The Bertz CT molecular complexity index is 606. The van der Waals surface area contributed by atoms with E-state index >= 15 is 0 Å². The Balaban J connectivity index is 2.37. The van der Waals surface area contributed by atoms with Crippen LogP contribution >= 0.6 is 23.2 Å². The van der Waals surface area contributed by atoms with Crippen molar-refractivity contribution in [3.63, 3.8) is 0 Å². The first kappa shape index (κ1) is 16.1. The normalized spacial score (nSPS) is 10.9. The Hall–Kier alpha value is -1.23. The standard InChI is InChI=1S/C15H18Cl2N2O2/c1-3-21-15-14(10(2)18-19(15)4-5-20)8-11-6-12(16)9-13(17)7-11/h6-7,9,20H,3-5,8H2,1-2H3. The number of benzene rings is 1. The predicted molar refractivity (Wildman–Crippen MR) is 84.5 cm³/mol. The number of hydrogen-bond acceptors (Lipinski definition) is 3. The quantitative estimate of drug-likeness (QED) is 0.883. The van der Waals surface area contributed by atoms with Crippen molar-refractivity contribution in [1.29, 1.82) is 0 Å². The van der Waals surface area contributed by atoms with Crippen molar-refractivity contribution in [3.8, 4) is 5.88 Å². The lowest BCUT2D eigenvalue weighted by Crippen LogP contribution is -2.08. The van der Waals surface area contributed by atoms with E-state index in [-0.39, 0.29) is 6.61 Å². The predicted octanol–water partition coefficient (Wildman–Crippen LogP) is 3.48. The van der Waals surface area contributed by atoms with Crippen LogP contribution in [0.5, 0.6) is 5.88 Å². The van der Waals surface area contributed by atoms with Gasteiger partial charge in [-0.1, -0.05) is 23.2 Å². The molecule has 0 atom stereocenters. The lowest BCUT2D eigenvalue weighted by atomic mass is 10.1. The third-order valence-corrected chi connectivity index (χ3v) is 3.53. The molecule has 0 aliphatic heterocycles. The molecule has 0 saturated carbocycles. The van der Waals surface area contributed by atoms with E-state index in [2.05, 4.69) is 5.10 Å². The van der Waals surface area contributed by atoms with Crippen molar-refractivity contribution in [2.24, 2.45) is 0 Å². The molecule has 1 heterocycles. The van der Waals surface area contributed by atoms with Gasteiger partial charge in [-0.3, -0.25) is 0 Å². The van der Waals surface area contributed by atoms with Crippen LogP contribution in [0.25, 0.3) is 0 Å². The van der Waals surface area contributed by atoms with Crippen LogP contribution in [-0.4, -0.2) is 28.1 Å². The van der Waals surface area contributed by atoms with Gasteiger partial charge in [-0.25, -0.2) is 4.68 Å². The molecule has 1 N–H and O–H groups in total. The summed E-state index contributed by atoms with van der Waals surface area (Å²) in [5.41, 5.74) is 2.87. The molecular weight excluding hydrogens is 311 g/mol. The number of aliphatic hydroxyl groups is 1. The zero-order valence-electron chi connectivity index (χ0n) is 12.1. The maximum atomic E-state index is 9.12. The first-order chi connectivity index (χ1) is 10.0. The molecule has 114 valence electrons. The molecular formula is C15H18Cl2N2O2. The highest BCUT2D eigenvalue weighted by Crippen LogP contribution is 2.28. The summed E-state index contributed by atoms with van der Waals surface area (Å²) in [6.07, 6.45) is 0.632. The topological polar surface area (TPSA) is 47.3 Å². The highest BCUT2D eigenvalue weighted by Gasteiger charge is 2.17. The zero-order valence-corrected chi connectivity index (χ0v) is 13.6. The fraction of sp³-hybridized carbons (Fsp3) is 0.400. The van der Waals surface area contributed by atoms with Gasteiger partial charge in [0, 0.05) is 22.0 Å². The van der Waals surface area contributed by atoms with E-state index in [4.69, 9.17) is 33.0 Å². The summed E-state index contributed by atoms with van der Waals surface area (Å²) in [7, 11) is 0. The van der Waals surface area contributed by atoms with E-state index < -0.39 is 0 Å². The Morgan fingerprint density at radius 3 is 2.48 bits per heavy atom. The monoisotopic (exact) mass is 328 g/mol. The smallest absolute Gasteiger partial charge is 0.215 e. The molecule has 21 heavy (non-hydrogen) atoms. The van der Waals surface area contributed by atoms with Crippen molar-refractivity contribution in [1.82, 2.24) is 9.78 Å². The SMILES string of the molecule is CCOc1c(Cc2cc(Cl)cc(Cl)c2)c(C)nn1CCO. The van der Waals surface area contributed by atoms with Gasteiger partial charge in [0.05, 0.1) is 25.5 Å². The summed E-state index contributed by atoms with van der Waals surface area (Å²) < 4.78 is 7.39. The minimum absolute atomic E-state index is 0.0175. The van der Waals surface area contributed by atoms with Crippen LogP contribution in [0.2, 0.25) is 10.0 Å². The molecule has 0 fully saturated rings. The second kappa shape index (κ2) is 7.16. The van der Waals surface area contributed by atoms with Gasteiger partial charge < -0.3 is 9.84 Å². The van der Waals surface area contributed by atoms with Gasteiger partial charge in [-0.05, 0) is 37.6 Å². The lowest BCUT2D eigenvalue weighted by Gasteiger charge is -2.09. The Kier molecular flexibility index (Phi) is 5.51. The van der Waals surface area contributed by atoms with Crippen LogP contribution in [0.1, 0.15) is 23.7 Å². The average molecular weight is 329 g/mol. The number of aliphatic hydroxyl groups excluding tert-OH is 1. The second-order valence-electron chi connectivity index (χ2n) is 4.70. The van der Waals surface area contributed by atoms with Crippen molar-refractivity contribution >= 4 is 23.2 Å². The Morgan fingerprint density at radius 2 is 1.90 bits per heavy atom. The van der Waals surface area contributed by atoms with Crippen LogP contribution in [0.3, 0.4) is 0 Å². The van der Waals surface area contributed by atoms with Crippen LogP contribution in [0.4, 0.5) is 0 Å². The molecule has 6 heteroatoms. The molecule has 0 aliphatic rings. The molecule has 4 nitrogen and oxygen atoms in total. The molecule has 0 saturated heterocycles. The minimum Gasteiger partial charge on any atom is -0.478 e. The van der Waals surface area contributed by atoms with Gasteiger partial charge in [0.1, 0.15) is 0 Å². The fourth-order valence-electron chi connectivity index (χ4n) is 2.26. The van der Waals surface area contributed by atoms with E-state index in [1.807, 2.05) is 26.0 Å². The Morgan fingerprint density at radius 1 is 1.24 bits per heavy atom. The number of aromatic nitrogens is 2. The molecule has 0 bridgehead atoms. The van der Waals surface area contributed by atoms with Crippen molar-refractivity contribution in [3.05, 3.63) is 45.1 Å². The van der Waals surface area contributed by atoms with Gasteiger partial charge >= 0.3 is 0 Å². The largest absolute Gasteiger partial charge is 0.478 e. The van der Waals surface area contributed by atoms with Crippen LogP contribution in [-0.2, 0) is 13.0 Å². The maximum Gasteiger partial charge on any atom is 0.215 e. The number of nitrogens with zero attached hydrogens (tertiary/aromatic N) is 2. The lowest BCUT2D eigenvalue weighted by molar-refractivity contribution is 0.244. The number of rotatable bonds is 6. The van der Waals surface area contributed by atoms with Crippen LogP contribution < -0.4 is 4.74 Å². The first-order valence-electron chi connectivity index (χ1n) is 6.80. The summed E-state index contributed by atoms with van der Waals surface area (Å²) in [6.45, 7) is 4.82. The molecule has 2 aromatic rings. The second-order valence-corrected chi connectivity index (χ2v) is 5.58. The summed E-state index contributed by atoms with van der Waals surface area (Å²) in [4.78, 5) is 0. The molecule has 0 unspecified atom stereocenters. The molecule has 2 rings (SSSR count). The molecule has 1 aromatic heterocycles. The third kappa shape index (κ3) is 3.90. The maximum absolute atomic E-state index is 9.12. The number of ether oxygens (including phenoxy) is 1. The summed E-state index contributed by atoms with van der Waals surface area (Å²) >= 11 is 12.1. The van der Waals surface area contributed by atoms with Gasteiger partial charge in [-0.15, -0.1) is 0 Å². The number of aryl methyl sites for hydroxylation is 1. The van der Waals surface area contributed by atoms with Gasteiger partial charge in [0.2, 0.25) is 5.88 Å². The van der Waals surface area contributed by atoms with Crippen LogP contribution in [0.15, 0.2) is 18.2 Å². The summed E-state index contributed by atoms with van der Waals surface area (Å²) in [5.74, 6) is 0.695. The van der Waals surface area contributed by atoms with E-state index in [0.717, 1.165) is 16.8 Å². The fourth-order valence-corrected chi connectivity index (χ4v) is 2.83. The summed E-state index contributed by atoms with van der Waals surface area (Å²) in [5, 5.41) is 14.8. The summed E-state index contributed by atoms with van der Waals surface area (Å²) in [6, 6.07) is 5.47. The van der Waals surface area contributed by atoms with Gasteiger partial charge in [0.25, 0.3) is 0 Å². The molecule has 0 amide bonds. The van der Waals surface area contributed by atoms with Crippen LogP contribution in [0, 0.1) is 6.92 Å². The highest BCUT2D eigenvalue weighted by atomic mass is 35.5. The van der Waals surface area contributed by atoms with Crippen molar-refractivity contribution in [2.45, 2.75) is 26.8 Å². The minimum atomic E-state index is 0.0175. The molecule has 1 aromatic carbocycles. The van der Waals surface area contributed by atoms with E-state index in [1.165, 1.54) is 0 Å². The van der Waals surface area contributed by atoms with Crippen molar-refractivity contribution < 1.29 is 9.84 Å². The Labute approximate surface area is 134 Å². The van der Waals surface area contributed by atoms with Gasteiger partial charge in [0.15, 0.2) is 0 Å². The molecule has 0 spiro atoms. The molecule has 0 aliphatic carbocycles. The number of hydrogen-bond donors (Lipinski definition) is 1. The average Bonchev–Trinajstić information content (AvgIpc) is 2.67. The zero-order chi connectivity index (χ0) is 15.4. The number of halogens is 2. The molecule has 0 radical (unpaired) electrons. The van der Waals surface area contributed by atoms with Gasteiger partial charge in [-0.2, -0.15) is 5.10 Å². The highest BCUT2D eigenvalue weighted by molar-refractivity contribution is 6.34. The first-order valence-corrected chi connectivity index (χ1v) is 7.55. The van der Waals surface area contributed by atoms with E-state index in [1.54, 1.807) is 10.7 Å².